The fourth-order valence-corrected chi connectivity index (χ4v) is 2.22. The first-order chi connectivity index (χ1) is 7.74. The van der Waals surface area contributed by atoms with Gasteiger partial charge < -0.3 is 14.4 Å². The van der Waals surface area contributed by atoms with Crippen LogP contribution in [0.15, 0.2) is 0 Å². The molecule has 0 spiro atoms. The van der Waals surface area contributed by atoms with Gasteiger partial charge in [-0.1, -0.05) is 6.92 Å². The van der Waals surface area contributed by atoms with Crippen LogP contribution in [0.2, 0.25) is 0 Å². The normalized spacial score (nSPS) is 27.2. The van der Waals surface area contributed by atoms with Crippen molar-refractivity contribution in [1.29, 1.82) is 0 Å². The van der Waals surface area contributed by atoms with Gasteiger partial charge in [-0.25, -0.2) is 0 Å². The van der Waals surface area contributed by atoms with Crippen molar-refractivity contribution in [1.82, 2.24) is 4.90 Å². The zero-order valence-electron chi connectivity index (χ0n) is 10.5. The van der Waals surface area contributed by atoms with Crippen LogP contribution in [0.25, 0.3) is 0 Å². The van der Waals surface area contributed by atoms with E-state index in [1.165, 1.54) is 0 Å². The third-order valence-corrected chi connectivity index (χ3v) is 3.73. The van der Waals surface area contributed by atoms with Gasteiger partial charge in [0.25, 0.3) is 0 Å². The predicted octanol–water partition coefficient (Wildman–Crippen LogP) is 1.99. The van der Waals surface area contributed by atoms with Gasteiger partial charge in [-0.05, 0) is 25.3 Å². The third-order valence-electron chi connectivity index (χ3n) is 3.08. The third kappa shape index (κ3) is 5.48. The number of hydrogen-bond donors (Lipinski definition) is 0. The van der Waals surface area contributed by atoms with Crippen LogP contribution >= 0.6 is 11.6 Å². The summed E-state index contributed by atoms with van der Waals surface area (Å²) in [6, 6.07) is 0. The largest absolute Gasteiger partial charge is 0.382 e. The molecule has 0 aromatic rings. The van der Waals surface area contributed by atoms with Gasteiger partial charge in [0, 0.05) is 32.2 Å². The Morgan fingerprint density at radius 2 is 2.12 bits per heavy atom. The summed E-state index contributed by atoms with van der Waals surface area (Å²) in [5.41, 5.74) is 0. The van der Waals surface area contributed by atoms with Gasteiger partial charge in [-0.15, -0.1) is 11.6 Å². The molecule has 1 saturated heterocycles. The molecule has 0 aromatic carbocycles. The summed E-state index contributed by atoms with van der Waals surface area (Å²) in [5.74, 6) is 0.616. The highest BCUT2D eigenvalue weighted by molar-refractivity contribution is 6.20. The van der Waals surface area contributed by atoms with Crippen LogP contribution < -0.4 is 0 Å². The SMILES string of the molecule is COCCOCCCN1CCC(Cl)C(C)C1. The Hall–Kier alpha value is 0.170. The first-order valence-electron chi connectivity index (χ1n) is 6.17. The maximum absolute atomic E-state index is 6.19. The molecule has 2 unspecified atom stereocenters. The molecule has 1 heterocycles. The average molecular weight is 250 g/mol. The van der Waals surface area contributed by atoms with E-state index >= 15 is 0 Å². The van der Waals surface area contributed by atoms with E-state index in [4.69, 9.17) is 21.1 Å². The highest BCUT2D eigenvalue weighted by Crippen LogP contribution is 2.21. The van der Waals surface area contributed by atoms with Crippen LogP contribution in [0.1, 0.15) is 19.8 Å². The second-order valence-electron chi connectivity index (χ2n) is 4.54. The zero-order chi connectivity index (χ0) is 11.8. The van der Waals surface area contributed by atoms with Crippen LogP contribution in [0.4, 0.5) is 0 Å². The van der Waals surface area contributed by atoms with Gasteiger partial charge in [0.15, 0.2) is 0 Å². The second-order valence-corrected chi connectivity index (χ2v) is 5.10. The van der Waals surface area contributed by atoms with Gasteiger partial charge in [0.05, 0.1) is 13.2 Å². The molecule has 16 heavy (non-hydrogen) atoms. The van der Waals surface area contributed by atoms with E-state index in [1.54, 1.807) is 7.11 Å². The number of halogens is 1. The number of likely N-dealkylation sites (tertiary alicyclic amines) is 1. The number of piperidine rings is 1. The number of hydrogen-bond acceptors (Lipinski definition) is 3. The number of nitrogens with zero attached hydrogens (tertiary/aromatic N) is 1. The van der Waals surface area contributed by atoms with Crippen molar-refractivity contribution >= 4 is 11.6 Å². The summed E-state index contributed by atoms with van der Waals surface area (Å²) in [4.78, 5) is 2.49. The van der Waals surface area contributed by atoms with Gasteiger partial charge in [0.1, 0.15) is 0 Å². The molecule has 0 amide bonds. The van der Waals surface area contributed by atoms with E-state index in [-0.39, 0.29) is 0 Å². The van der Waals surface area contributed by atoms with E-state index in [9.17, 15) is 0 Å². The highest BCUT2D eigenvalue weighted by atomic mass is 35.5. The summed E-state index contributed by atoms with van der Waals surface area (Å²) in [6.45, 7) is 7.85. The molecule has 0 aliphatic carbocycles. The standard InChI is InChI=1S/C12H24ClNO2/c1-11-10-14(6-4-12(11)13)5-3-7-16-9-8-15-2/h11-12H,3-10H2,1-2H3. The summed E-state index contributed by atoms with van der Waals surface area (Å²) in [7, 11) is 1.70. The molecule has 1 aliphatic rings. The van der Waals surface area contributed by atoms with Crippen molar-refractivity contribution in [3.63, 3.8) is 0 Å². The van der Waals surface area contributed by atoms with Crippen molar-refractivity contribution in [3.05, 3.63) is 0 Å². The van der Waals surface area contributed by atoms with E-state index < -0.39 is 0 Å². The Morgan fingerprint density at radius 3 is 2.81 bits per heavy atom. The number of rotatable bonds is 7. The number of methoxy groups -OCH3 is 1. The molecule has 96 valence electrons. The second kappa shape index (κ2) is 8.29. The van der Waals surface area contributed by atoms with Crippen molar-refractivity contribution in [2.75, 3.05) is 46.6 Å². The molecule has 0 radical (unpaired) electrons. The summed E-state index contributed by atoms with van der Waals surface area (Å²) < 4.78 is 10.3. The van der Waals surface area contributed by atoms with Crippen LogP contribution in [-0.2, 0) is 9.47 Å². The summed E-state index contributed by atoms with van der Waals surface area (Å²) in [6.07, 6.45) is 2.22. The number of ether oxygens (including phenoxy) is 2. The van der Waals surface area contributed by atoms with E-state index in [0.29, 0.717) is 24.5 Å². The minimum Gasteiger partial charge on any atom is -0.382 e. The molecule has 4 heteroatoms. The minimum absolute atomic E-state index is 0.370. The first kappa shape index (κ1) is 14.2. The topological polar surface area (TPSA) is 21.7 Å². The molecule has 0 saturated carbocycles. The molecular weight excluding hydrogens is 226 g/mol. The van der Waals surface area contributed by atoms with Gasteiger partial charge in [-0.3, -0.25) is 0 Å². The molecule has 0 bridgehead atoms. The molecule has 1 rings (SSSR count). The average Bonchev–Trinajstić information content (AvgIpc) is 2.28. The lowest BCUT2D eigenvalue weighted by Gasteiger charge is -2.34. The Bertz CT molecular complexity index is 180. The van der Waals surface area contributed by atoms with Crippen molar-refractivity contribution in [2.24, 2.45) is 5.92 Å². The quantitative estimate of drug-likeness (QED) is 0.509. The Morgan fingerprint density at radius 1 is 1.31 bits per heavy atom. The fourth-order valence-electron chi connectivity index (χ4n) is 2.04. The zero-order valence-corrected chi connectivity index (χ0v) is 11.2. The van der Waals surface area contributed by atoms with Crippen molar-refractivity contribution < 1.29 is 9.47 Å². The maximum Gasteiger partial charge on any atom is 0.0700 e. The molecular formula is C12H24ClNO2. The molecule has 1 aliphatic heterocycles. The molecule has 2 atom stereocenters. The van der Waals surface area contributed by atoms with E-state index in [0.717, 1.165) is 39.1 Å². The molecule has 0 N–H and O–H groups in total. The lowest BCUT2D eigenvalue weighted by atomic mass is 9.99. The maximum atomic E-state index is 6.19. The van der Waals surface area contributed by atoms with E-state index in [1.807, 2.05) is 0 Å². The molecule has 1 fully saturated rings. The Labute approximate surface area is 104 Å². The molecule has 3 nitrogen and oxygen atoms in total. The Balaban J connectivity index is 1.97. The van der Waals surface area contributed by atoms with Crippen LogP contribution in [0.3, 0.4) is 0 Å². The highest BCUT2D eigenvalue weighted by Gasteiger charge is 2.23. The van der Waals surface area contributed by atoms with Crippen LogP contribution in [0, 0.1) is 5.92 Å². The monoisotopic (exact) mass is 249 g/mol. The van der Waals surface area contributed by atoms with Gasteiger partial charge >= 0.3 is 0 Å². The minimum atomic E-state index is 0.370. The predicted molar refractivity (Wildman–Crippen MR) is 67.2 cm³/mol. The van der Waals surface area contributed by atoms with E-state index in [2.05, 4.69) is 11.8 Å². The molecule has 0 aromatic heterocycles. The lowest BCUT2D eigenvalue weighted by molar-refractivity contribution is 0.0629. The smallest absolute Gasteiger partial charge is 0.0700 e. The van der Waals surface area contributed by atoms with Crippen molar-refractivity contribution in [3.8, 4) is 0 Å². The van der Waals surface area contributed by atoms with Crippen LogP contribution in [0.5, 0.6) is 0 Å². The van der Waals surface area contributed by atoms with Crippen LogP contribution in [-0.4, -0.2) is 56.8 Å². The van der Waals surface area contributed by atoms with Crippen molar-refractivity contribution in [2.45, 2.75) is 25.1 Å². The van der Waals surface area contributed by atoms with Gasteiger partial charge in [-0.2, -0.15) is 0 Å². The number of alkyl halides is 1. The first-order valence-corrected chi connectivity index (χ1v) is 6.60. The fraction of sp³-hybridized carbons (Fsp3) is 1.00. The Kier molecular flexibility index (Phi) is 7.37. The summed E-state index contributed by atoms with van der Waals surface area (Å²) in [5, 5.41) is 0.370. The summed E-state index contributed by atoms with van der Waals surface area (Å²) >= 11 is 6.19. The lowest BCUT2D eigenvalue weighted by Crippen LogP contribution is -2.40. The van der Waals surface area contributed by atoms with Gasteiger partial charge in [0.2, 0.25) is 0 Å².